The van der Waals surface area contributed by atoms with E-state index in [0.29, 0.717) is 19.6 Å². The Hall–Kier alpha value is -2.51. The molecular formula is C25H44ClFN6O6. The highest BCUT2D eigenvalue weighted by molar-refractivity contribution is 6.24. The molecule has 3 N–H and O–H groups in total. The third-order valence-corrected chi connectivity index (χ3v) is 7.89. The van der Waals surface area contributed by atoms with Gasteiger partial charge in [-0.05, 0) is 55.5 Å². The SMILES string of the molecule is C[C@@H]1CN(C)CCN1C1=C(F)C(N(C(=O)O)N(C(=O)O)C(=O)O)N(C(C)(C)C)C(Cl)(C(C)(C)C)N1C(C)(C)C. The summed E-state index contributed by atoms with van der Waals surface area (Å²) in [6.45, 7) is 19.5. The fourth-order valence-electron chi connectivity index (χ4n) is 5.52. The van der Waals surface area contributed by atoms with E-state index in [4.69, 9.17) is 11.6 Å². The molecule has 2 unspecified atom stereocenters. The molecule has 3 amide bonds. The van der Waals surface area contributed by atoms with Crippen LogP contribution in [0.2, 0.25) is 0 Å². The van der Waals surface area contributed by atoms with Crippen molar-refractivity contribution in [3.8, 4) is 0 Å². The number of imide groups is 1. The topological polar surface area (TPSA) is 131 Å². The molecular weight excluding hydrogens is 535 g/mol. The fourth-order valence-corrected chi connectivity index (χ4v) is 6.20. The number of alkyl halides is 1. The third-order valence-electron chi connectivity index (χ3n) is 6.97. The Kier molecular flexibility index (Phi) is 8.78. The Labute approximate surface area is 235 Å². The van der Waals surface area contributed by atoms with Gasteiger partial charge in [-0.15, -0.1) is 5.01 Å². The smallest absolute Gasteiger partial charge is 0.436 e. The normalized spacial score (nSPS) is 26.1. The highest BCUT2D eigenvalue weighted by atomic mass is 35.5. The van der Waals surface area contributed by atoms with Gasteiger partial charge in [0.1, 0.15) is 5.82 Å². The second kappa shape index (κ2) is 10.5. The molecule has 12 nitrogen and oxygen atoms in total. The zero-order valence-corrected chi connectivity index (χ0v) is 25.5. The third kappa shape index (κ3) is 5.71. The van der Waals surface area contributed by atoms with E-state index in [0.717, 1.165) is 0 Å². The first-order chi connectivity index (χ1) is 17.4. The maximum Gasteiger partial charge on any atom is 0.436 e. The summed E-state index contributed by atoms with van der Waals surface area (Å²) in [6.07, 6.45) is -8.21. The second-order valence-electron chi connectivity index (χ2n) is 13.2. The predicted molar refractivity (Wildman–Crippen MR) is 145 cm³/mol. The van der Waals surface area contributed by atoms with E-state index in [1.54, 1.807) is 25.7 Å². The Balaban J connectivity index is 3.18. The van der Waals surface area contributed by atoms with Crippen molar-refractivity contribution in [1.82, 2.24) is 29.6 Å². The van der Waals surface area contributed by atoms with Crippen LogP contribution in [0.25, 0.3) is 0 Å². The number of halogens is 2. The van der Waals surface area contributed by atoms with Crippen LogP contribution >= 0.6 is 11.6 Å². The van der Waals surface area contributed by atoms with Gasteiger partial charge in [-0.25, -0.2) is 23.7 Å². The molecule has 0 aromatic carbocycles. The van der Waals surface area contributed by atoms with Gasteiger partial charge in [-0.1, -0.05) is 32.4 Å². The van der Waals surface area contributed by atoms with Crippen LogP contribution in [-0.2, 0) is 0 Å². The molecule has 2 aliphatic heterocycles. The summed E-state index contributed by atoms with van der Waals surface area (Å²) in [4.78, 5) is 43.8. The molecule has 1 fully saturated rings. The van der Waals surface area contributed by atoms with Crippen molar-refractivity contribution in [3.05, 3.63) is 11.6 Å². The van der Waals surface area contributed by atoms with Crippen molar-refractivity contribution in [3.63, 3.8) is 0 Å². The lowest BCUT2D eigenvalue weighted by molar-refractivity contribution is -0.207. The summed E-state index contributed by atoms with van der Waals surface area (Å²) in [7, 11) is 1.94. The molecule has 14 heteroatoms. The molecule has 2 heterocycles. The van der Waals surface area contributed by atoms with Crippen molar-refractivity contribution in [2.75, 3.05) is 26.7 Å². The molecule has 0 saturated carbocycles. The van der Waals surface area contributed by atoms with Crippen molar-refractivity contribution in [2.45, 2.75) is 97.6 Å². The van der Waals surface area contributed by atoms with Crippen LogP contribution in [0.3, 0.4) is 0 Å². The van der Waals surface area contributed by atoms with Gasteiger partial charge in [0, 0.05) is 42.2 Å². The molecule has 1 saturated heterocycles. The molecule has 0 aromatic heterocycles. The number of carbonyl (C=O) groups is 3. The maximum atomic E-state index is 17.3. The molecule has 2 aliphatic rings. The standard InChI is InChI=1S/C25H44ClFN6O6/c1-15-14-28(11)12-13-29(15)17-16(27)18(30(19(34)35)31(20(36)37)21(38)39)33(24(8,9)10)25(26,22(2,3)4)32(17)23(5,6)7/h15,18H,12-14H2,1-11H3,(H,34,35)(H,36,37)(H,38,39)/t15-,18?,25?/m1/s1. The van der Waals surface area contributed by atoms with E-state index in [9.17, 15) is 29.7 Å². The highest BCUT2D eigenvalue weighted by Crippen LogP contribution is 2.56. The molecule has 2 rings (SSSR count). The summed E-state index contributed by atoms with van der Waals surface area (Å²) in [6, 6.07) is -0.231. The summed E-state index contributed by atoms with van der Waals surface area (Å²) in [5, 5.41) is 27.6. The number of hydrogen-bond acceptors (Lipinski definition) is 7. The molecule has 0 radical (unpaired) electrons. The van der Waals surface area contributed by atoms with Crippen LogP contribution in [0, 0.1) is 5.41 Å². The highest BCUT2D eigenvalue weighted by Gasteiger charge is 2.66. The Bertz CT molecular complexity index is 1010. The quantitative estimate of drug-likeness (QED) is 0.239. The molecule has 224 valence electrons. The number of hydrazine groups is 1. The number of amides is 3. The minimum absolute atomic E-state index is 0.000465. The Morgan fingerprint density at radius 1 is 0.923 bits per heavy atom. The monoisotopic (exact) mass is 578 g/mol. The number of piperazine rings is 1. The van der Waals surface area contributed by atoms with E-state index in [1.165, 1.54) is 4.90 Å². The number of nitrogens with zero attached hydrogens (tertiary/aromatic N) is 6. The van der Waals surface area contributed by atoms with Crippen LogP contribution in [0.4, 0.5) is 18.8 Å². The van der Waals surface area contributed by atoms with Gasteiger partial charge in [-0.2, -0.15) is 5.01 Å². The van der Waals surface area contributed by atoms with E-state index >= 15 is 4.39 Å². The summed E-state index contributed by atoms with van der Waals surface area (Å²) in [5.41, 5.74) is -2.85. The van der Waals surface area contributed by atoms with Gasteiger partial charge < -0.3 is 30.0 Å². The number of carboxylic acid groups (broad SMARTS) is 3. The Morgan fingerprint density at radius 3 is 1.74 bits per heavy atom. The van der Waals surface area contributed by atoms with E-state index in [-0.39, 0.29) is 16.9 Å². The molecule has 0 aliphatic carbocycles. The number of hydrogen-bond donors (Lipinski definition) is 3. The largest absolute Gasteiger partial charge is 0.464 e. The van der Waals surface area contributed by atoms with E-state index < -0.39 is 56.9 Å². The van der Waals surface area contributed by atoms with Crippen LogP contribution in [0.1, 0.15) is 69.2 Å². The van der Waals surface area contributed by atoms with Gasteiger partial charge >= 0.3 is 18.3 Å². The lowest BCUT2D eigenvalue weighted by atomic mass is 9.82. The maximum absolute atomic E-state index is 17.3. The van der Waals surface area contributed by atoms with Crippen LogP contribution in [0.15, 0.2) is 11.6 Å². The first kappa shape index (κ1) is 32.7. The van der Waals surface area contributed by atoms with Gasteiger partial charge in [0.15, 0.2) is 17.1 Å². The van der Waals surface area contributed by atoms with Crippen molar-refractivity contribution < 1.29 is 34.1 Å². The van der Waals surface area contributed by atoms with E-state index in [2.05, 4.69) is 4.90 Å². The first-order valence-corrected chi connectivity index (χ1v) is 13.2. The molecule has 0 aromatic rings. The molecule has 39 heavy (non-hydrogen) atoms. The zero-order chi connectivity index (χ0) is 30.6. The zero-order valence-electron chi connectivity index (χ0n) is 24.8. The van der Waals surface area contributed by atoms with Crippen molar-refractivity contribution >= 4 is 29.9 Å². The lowest BCUT2D eigenvalue weighted by Crippen LogP contribution is -2.80. The predicted octanol–water partition coefficient (Wildman–Crippen LogP) is 4.79. The van der Waals surface area contributed by atoms with Crippen LogP contribution in [0.5, 0.6) is 0 Å². The summed E-state index contributed by atoms with van der Waals surface area (Å²) in [5.74, 6) is -1.02. The molecule has 3 atom stereocenters. The molecule has 0 bridgehead atoms. The number of rotatable bonds is 2. The number of likely N-dealkylation sites (N-methyl/N-ethyl adjacent to an activating group) is 1. The van der Waals surface area contributed by atoms with Crippen LogP contribution < -0.4 is 0 Å². The van der Waals surface area contributed by atoms with Crippen molar-refractivity contribution in [2.24, 2.45) is 5.41 Å². The fraction of sp³-hybridized carbons (Fsp3) is 0.800. The summed E-state index contributed by atoms with van der Waals surface area (Å²) < 4.78 is 17.3. The van der Waals surface area contributed by atoms with Gasteiger partial charge in [0.25, 0.3) is 0 Å². The summed E-state index contributed by atoms with van der Waals surface area (Å²) >= 11 is 7.70. The van der Waals surface area contributed by atoms with Gasteiger partial charge in [0.05, 0.1) is 0 Å². The van der Waals surface area contributed by atoms with Gasteiger partial charge in [0.2, 0.25) is 0 Å². The Morgan fingerprint density at radius 2 is 1.41 bits per heavy atom. The average Bonchev–Trinajstić information content (AvgIpc) is 2.70. The molecule has 0 spiro atoms. The van der Waals surface area contributed by atoms with Crippen LogP contribution in [-0.4, -0.2) is 118 Å². The van der Waals surface area contributed by atoms with Crippen molar-refractivity contribution in [1.29, 1.82) is 0 Å². The van der Waals surface area contributed by atoms with E-state index in [1.807, 2.05) is 60.4 Å². The minimum Gasteiger partial charge on any atom is -0.464 e. The lowest BCUT2D eigenvalue weighted by Gasteiger charge is -2.67. The second-order valence-corrected chi connectivity index (χ2v) is 13.8. The van der Waals surface area contributed by atoms with Gasteiger partial charge in [-0.3, -0.25) is 0 Å². The average molecular weight is 579 g/mol. The minimum atomic E-state index is -2.10. The first-order valence-electron chi connectivity index (χ1n) is 12.8.